The molecule has 2 atom stereocenters. The van der Waals surface area contributed by atoms with E-state index in [0.29, 0.717) is 16.9 Å². The van der Waals surface area contributed by atoms with Crippen LogP contribution in [0.15, 0.2) is 48.5 Å². The lowest BCUT2D eigenvalue weighted by Crippen LogP contribution is -2.34. The fourth-order valence-corrected chi connectivity index (χ4v) is 4.59. The van der Waals surface area contributed by atoms with Crippen LogP contribution in [0.3, 0.4) is 0 Å². The lowest BCUT2D eigenvalue weighted by Gasteiger charge is -2.19. The molecular weight excluding hydrogens is 406 g/mol. The Morgan fingerprint density at radius 3 is 2.31 bits per heavy atom. The maximum Gasteiger partial charge on any atom is 0.257 e. The number of anilines is 2. The third kappa shape index (κ3) is 4.56. The van der Waals surface area contributed by atoms with Gasteiger partial charge in [-0.05, 0) is 49.6 Å². The largest absolute Gasteiger partial charge is 0.325 e. The standard InChI is InChI=1S/C25H27N3O4/c1-16-7-6-8-17(15-16)26-23(30)20-11-4-5-12-21(20)27-22(29)13-14-28-24(31)18-9-2-3-10-19(18)25(28)32/h4-8,11-12,15,18-19H,2-3,9-10,13-14H2,1H3,(H,26,30)(H,27,29)/t18-,19+. The van der Waals surface area contributed by atoms with Crippen molar-refractivity contribution < 1.29 is 19.2 Å². The summed E-state index contributed by atoms with van der Waals surface area (Å²) in [6.45, 7) is 2.00. The van der Waals surface area contributed by atoms with Crippen LogP contribution >= 0.6 is 0 Å². The van der Waals surface area contributed by atoms with Gasteiger partial charge in [-0.25, -0.2) is 0 Å². The summed E-state index contributed by atoms with van der Waals surface area (Å²) < 4.78 is 0. The molecule has 2 aliphatic rings. The van der Waals surface area contributed by atoms with Gasteiger partial charge < -0.3 is 10.6 Å². The average molecular weight is 434 g/mol. The van der Waals surface area contributed by atoms with Crippen molar-refractivity contribution >= 4 is 35.0 Å². The summed E-state index contributed by atoms with van der Waals surface area (Å²) >= 11 is 0. The third-order valence-electron chi connectivity index (χ3n) is 6.22. The van der Waals surface area contributed by atoms with Crippen molar-refractivity contribution in [2.75, 3.05) is 17.2 Å². The number of carbonyl (C=O) groups is 4. The van der Waals surface area contributed by atoms with Gasteiger partial charge in [-0.3, -0.25) is 24.1 Å². The highest BCUT2D eigenvalue weighted by Gasteiger charge is 2.47. The lowest BCUT2D eigenvalue weighted by molar-refractivity contribution is -0.140. The number of benzene rings is 2. The molecule has 2 aromatic carbocycles. The van der Waals surface area contributed by atoms with Crippen molar-refractivity contribution in [1.29, 1.82) is 0 Å². The van der Waals surface area contributed by atoms with Crippen LogP contribution in [0.5, 0.6) is 0 Å². The van der Waals surface area contributed by atoms with Crippen LogP contribution in [0.4, 0.5) is 11.4 Å². The summed E-state index contributed by atoms with van der Waals surface area (Å²) in [5.74, 6) is -1.41. The second kappa shape index (κ2) is 9.34. The average Bonchev–Trinajstić information content (AvgIpc) is 3.02. The van der Waals surface area contributed by atoms with E-state index in [4.69, 9.17) is 0 Å². The molecule has 1 saturated heterocycles. The number of aryl methyl sites for hydroxylation is 1. The van der Waals surface area contributed by atoms with Gasteiger partial charge in [0.25, 0.3) is 5.91 Å². The lowest BCUT2D eigenvalue weighted by atomic mass is 9.81. The van der Waals surface area contributed by atoms with Gasteiger partial charge in [-0.2, -0.15) is 0 Å². The van der Waals surface area contributed by atoms with E-state index < -0.39 is 0 Å². The number of fused-ring (bicyclic) bond motifs is 1. The molecule has 0 bridgehead atoms. The summed E-state index contributed by atoms with van der Waals surface area (Å²) in [6.07, 6.45) is 3.43. The first-order valence-electron chi connectivity index (χ1n) is 11.1. The third-order valence-corrected chi connectivity index (χ3v) is 6.22. The van der Waals surface area contributed by atoms with Crippen LogP contribution in [0.25, 0.3) is 0 Å². The Morgan fingerprint density at radius 2 is 1.62 bits per heavy atom. The van der Waals surface area contributed by atoms with E-state index in [1.54, 1.807) is 30.3 Å². The number of nitrogens with one attached hydrogen (secondary N) is 2. The molecule has 166 valence electrons. The van der Waals surface area contributed by atoms with E-state index in [-0.39, 0.29) is 48.4 Å². The minimum Gasteiger partial charge on any atom is -0.325 e. The number of hydrogen-bond acceptors (Lipinski definition) is 4. The van der Waals surface area contributed by atoms with Crippen molar-refractivity contribution in [1.82, 2.24) is 4.90 Å². The Kier molecular flexibility index (Phi) is 6.35. The Bertz CT molecular complexity index is 1040. The molecule has 4 rings (SSSR count). The van der Waals surface area contributed by atoms with Gasteiger partial charge in [0.2, 0.25) is 17.7 Å². The molecule has 2 N–H and O–H groups in total. The molecule has 32 heavy (non-hydrogen) atoms. The SMILES string of the molecule is Cc1cccc(NC(=O)c2ccccc2NC(=O)CCN2C(=O)[C@H]3CCCC[C@H]3C2=O)c1. The Balaban J connectivity index is 1.38. The van der Waals surface area contributed by atoms with E-state index in [9.17, 15) is 19.2 Å². The summed E-state index contributed by atoms with van der Waals surface area (Å²) in [5, 5.41) is 5.60. The van der Waals surface area contributed by atoms with Crippen molar-refractivity contribution in [2.45, 2.75) is 39.0 Å². The maximum atomic E-state index is 12.8. The van der Waals surface area contributed by atoms with E-state index in [1.807, 2.05) is 25.1 Å². The second-order valence-electron chi connectivity index (χ2n) is 8.49. The summed E-state index contributed by atoms with van der Waals surface area (Å²) in [5.41, 5.74) is 2.41. The van der Waals surface area contributed by atoms with Crippen LogP contribution in [-0.4, -0.2) is 35.1 Å². The molecule has 1 aliphatic carbocycles. The van der Waals surface area contributed by atoms with Crippen LogP contribution in [-0.2, 0) is 14.4 Å². The summed E-state index contributed by atoms with van der Waals surface area (Å²) in [7, 11) is 0. The molecule has 2 fully saturated rings. The van der Waals surface area contributed by atoms with Gasteiger partial charge in [-0.1, -0.05) is 37.1 Å². The predicted octanol–water partition coefficient (Wildman–Crippen LogP) is 3.75. The molecule has 0 unspecified atom stereocenters. The van der Waals surface area contributed by atoms with Gasteiger partial charge in [0.15, 0.2) is 0 Å². The van der Waals surface area contributed by atoms with E-state index in [2.05, 4.69) is 10.6 Å². The summed E-state index contributed by atoms with van der Waals surface area (Å²) in [6, 6.07) is 14.2. The zero-order valence-corrected chi connectivity index (χ0v) is 18.1. The van der Waals surface area contributed by atoms with Crippen LogP contribution in [0, 0.1) is 18.8 Å². The molecule has 1 aliphatic heterocycles. The first-order chi connectivity index (χ1) is 15.4. The highest BCUT2D eigenvalue weighted by atomic mass is 16.2. The smallest absolute Gasteiger partial charge is 0.257 e. The fourth-order valence-electron chi connectivity index (χ4n) is 4.59. The molecule has 4 amide bonds. The minimum atomic E-state index is -0.351. The number of carbonyl (C=O) groups excluding carboxylic acids is 4. The Hall–Kier alpha value is -3.48. The molecule has 0 spiro atoms. The second-order valence-corrected chi connectivity index (χ2v) is 8.49. The molecule has 0 aromatic heterocycles. The monoisotopic (exact) mass is 433 g/mol. The van der Waals surface area contributed by atoms with Gasteiger partial charge in [-0.15, -0.1) is 0 Å². The van der Waals surface area contributed by atoms with E-state index in [1.165, 1.54) is 4.90 Å². The van der Waals surface area contributed by atoms with Crippen LogP contribution in [0.2, 0.25) is 0 Å². The predicted molar refractivity (Wildman–Crippen MR) is 121 cm³/mol. The van der Waals surface area contributed by atoms with Crippen molar-refractivity contribution in [3.8, 4) is 0 Å². The highest BCUT2D eigenvalue weighted by Crippen LogP contribution is 2.38. The van der Waals surface area contributed by atoms with Gasteiger partial charge >= 0.3 is 0 Å². The first kappa shape index (κ1) is 21.7. The summed E-state index contributed by atoms with van der Waals surface area (Å²) in [4.78, 5) is 51.8. The molecular formula is C25H27N3O4. The molecule has 7 heteroatoms. The number of imide groups is 1. The van der Waals surface area contributed by atoms with Gasteiger partial charge in [0.1, 0.15) is 0 Å². The quantitative estimate of drug-likeness (QED) is 0.678. The van der Waals surface area contributed by atoms with Gasteiger partial charge in [0.05, 0.1) is 23.1 Å². The molecule has 1 heterocycles. The maximum absolute atomic E-state index is 12.8. The fraction of sp³-hybridized carbons (Fsp3) is 0.360. The zero-order chi connectivity index (χ0) is 22.7. The van der Waals surface area contributed by atoms with Crippen LogP contribution in [0.1, 0.15) is 48.0 Å². The van der Waals surface area contributed by atoms with Crippen LogP contribution < -0.4 is 10.6 Å². The Morgan fingerprint density at radius 1 is 0.938 bits per heavy atom. The molecule has 7 nitrogen and oxygen atoms in total. The topological polar surface area (TPSA) is 95.6 Å². The Labute approximate surface area is 187 Å². The molecule has 2 aromatic rings. The minimum absolute atomic E-state index is 0.00917. The molecule has 1 saturated carbocycles. The zero-order valence-electron chi connectivity index (χ0n) is 18.1. The number of hydrogen-bond donors (Lipinski definition) is 2. The number of rotatable bonds is 6. The van der Waals surface area contributed by atoms with Crippen molar-refractivity contribution in [2.24, 2.45) is 11.8 Å². The van der Waals surface area contributed by atoms with Gasteiger partial charge in [0, 0.05) is 18.7 Å². The number of likely N-dealkylation sites (tertiary alicyclic amines) is 1. The molecule has 0 radical (unpaired) electrons. The number of para-hydroxylation sites is 1. The number of amides is 4. The van der Waals surface area contributed by atoms with Crippen molar-refractivity contribution in [3.63, 3.8) is 0 Å². The highest BCUT2D eigenvalue weighted by molar-refractivity contribution is 6.10. The normalized spacial score (nSPS) is 20.1. The van der Waals surface area contributed by atoms with E-state index >= 15 is 0 Å². The van der Waals surface area contributed by atoms with E-state index in [0.717, 1.165) is 31.2 Å². The van der Waals surface area contributed by atoms with Crippen molar-refractivity contribution in [3.05, 3.63) is 59.7 Å². The number of nitrogens with zero attached hydrogens (tertiary/aromatic N) is 1. The first-order valence-corrected chi connectivity index (χ1v) is 11.1.